The van der Waals surface area contributed by atoms with E-state index in [1.165, 1.54) is 25.0 Å². The first-order valence-electron chi connectivity index (χ1n) is 4.39. The Hall–Kier alpha value is -0.410. The van der Waals surface area contributed by atoms with Crippen molar-refractivity contribution in [3.63, 3.8) is 0 Å². The van der Waals surface area contributed by atoms with Crippen LogP contribution in [0.3, 0.4) is 0 Å². The van der Waals surface area contributed by atoms with Crippen LogP contribution in [0.1, 0.15) is 19.3 Å². The van der Waals surface area contributed by atoms with Crippen LogP contribution in [0, 0.1) is 5.92 Å². The van der Waals surface area contributed by atoms with Gasteiger partial charge in [0.15, 0.2) is 0 Å². The average molecular weight is 182 g/mol. The van der Waals surface area contributed by atoms with Gasteiger partial charge in [0.25, 0.3) is 0 Å². The Morgan fingerprint density at radius 1 is 1.50 bits per heavy atom. The second-order valence-electron chi connectivity index (χ2n) is 3.26. The molecule has 1 aliphatic carbocycles. The van der Waals surface area contributed by atoms with E-state index < -0.39 is 0 Å². The maximum absolute atomic E-state index is 5.71. The molecule has 0 aromatic heterocycles. The summed E-state index contributed by atoms with van der Waals surface area (Å²) in [4.78, 5) is 0. The SMILES string of the molecule is NC1NC(C2CC=CCC2)=CS1. The van der Waals surface area contributed by atoms with Gasteiger partial charge in [0, 0.05) is 11.6 Å². The van der Waals surface area contributed by atoms with E-state index in [2.05, 4.69) is 22.9 Å². The van der Waals surface area contributed by atoms with Crippen molar-refractivity contribution in [2.45, 2.75) is 24.8 Å². The second kappa shape index (κ2) is 3.54. The summed E-state index contributed by atoms with van der Waals surface area (Å²) in [6.45, 7) is 0. The van der Waals surface area contributed by atoms with Crippen molar-refractivity contribution in [1.82, 2.24) is 5.32 Å². The number of hydrogen-bond donors (Lipinski definition) is 2. The Bertz CT molecular complexity index is 223. The zero-order chi connectivity index (χ0) is 8.39. The molecule has 0 fully saturated rings. The summed E-state index contributed by atoms with van der Waals surface area (Å²) >= 11 is 1.68. The average Bonchev–Trinajstić information content (AvgIpc) is 2.54. The van der Waals surface area contributed by atoms with E-state index in [0.29, 0.717) is 5.92 Å². The minimum atomic E-state index is 0.0888. The van der Waals surface area contributed by atoms with Crippen LogP contribution in [-0.2, 0) is 0 Å². The first-order valence-corrected chi connectivity index (χ1v) is 5.33. The molecule has 0 aromatic rings. The highest BCUT2D eigenvalue weighted by atomic mass is 32.2. The van der Waals surface area contributed by atoms with Crippen LogP contribution in [0.2, 0.25) is 0 Å². The van der Waals surface area contributed by atoms with Crippen molar-refractivity contribution >= 4 is 11.8 Å². The quantitative estimate of drug-likeness (QED) is 0.607. The molecule has 1 heterocycles. The fourth-order valence-corrected chi connectivity index (χ4v) is 2.43. The molecule has 0 saturated carbocycles. The van der Waals surface area contributed by atoms with Gasteiger partial charge in [-0.2, -0.15) is 0 Å². The highest BCUT2D eigenvalue weighted by molar-refractivity contribution is 8.02. The predicted molar refractivity (Wildman–Crippen MR) is 53.3 cm³/mol. The maximum Gasteiger partial charge on any atom is 0.127 e. The van der Waals surface area contributed by atoms with E-state index in [0.717, 1.165) is 0 Å². The molecule has 0 bridgehead atoms. The maximum atomic E-state index is 5.71. The third kappa shape index (κ3) is 1.67. The molecule has 2 nitrogen and oxygen atoms in total. The molecule has 2 unspecified atom stereocenters. The zero-order valence-electron chi connectivity index (χ0n) is 6.99. The smallest absolute Gasteiger partial charge is 0.127 e. The Kier molecular flexibility index (Phi) is 2.42. The normalized spacial score (nSPS) is 34.6. The van der Waals surface area contributed by atoms with E-state index in [4.69, 9.17) is 5.73 Å². The van der Waals surface area contributed by atoms with E-state index in [1.54, 1.807) is 11.8 Å². The van der Waals surface area contributed by atoms with Crippen LogP contribution < -0.4 is 11.1 Å². The lowest BCUT2D eigenvalue weighted by Crippen LogP contribution is -2.31. The van der Waals surface area contributed by atoms with E-state index in [9.17, 15) is 0 Å². The van der Waals surface area contributed by atoms with E-state index in [-0.39, 0.29) is 5.50 Å². The van der Waals surface area contributed by atoms with Gasteiger partial charge in [-0.05, 0) is 24.7 Å². The fraction of sp³-hybridized carbons (Fsp3) is 0.556. The third-order valence-corrected chi connectivity index (χ3v) is 3.16. The molecule has 3 N–H and O–H groups in total. The molecule has 0 amide bonds. The van der Waals surface area contributed by atoms with Crippen LogP contribution in [0.15, 0.2) is 23.3 Å². The minimum Gasteiger partial charge on any atom is -0.364 e. The first kappa shape index (κ1) is 8.20. The Balaban J connectivity index is 1.96. The molecule has 2 aliphatic rings. The van der Waals surface area contributed by atoms with Crippen molar-refractivity contribution in [2.75, 3.05) is 0 Å². The summed E-state index contributed by atoms with van der Waals surface area (Å²) in [6.07, 6.45) is 8.18. The van der Waals surface area contributed by atoms with Gasteiger partial charge in [-0.3, -0.25) is 0 Å². The molecule has 3 heteroatoms. The minimum absolute atomic E-state index is 0.0888. The number of hydrogen-bond acceptors (Lipinski definition) is 3. The van der Waals surface area contributed by atoms with Crippen LogP contribution >= 0.6 is 11.8 Å². The van der Waals surface area contributed by atoms with Crippen molar-refractivity contribution < 1.29 is 0 Å². The lowest BCUT2D eigenvalue weighted by atomic mass is 9.92. The van der Waals surface area contributed by atoms with Gasteiger partial charge < -0.3 is 11.1 Å². The number of nitrogens with one attached hydrogen (secondary N) is 1. The molecule has 0 saturated heterocycles. The van der Waals surface area contributed by atoms with Gasteiger partial charge in [0.05, 0.1) is 0 Å². The fourth-order valence-electron chi connectivity index (χ4n) is 1.67. The van der Waals surface area contributed by atoms with Gasteiger partial charge in [0.2, 0.25) is 0 Å². The lowest BCUT2D eigenvalue weighted by molar-refractivity contribution is 0.514. The zero-order valence-corrected chi connectivity index (χ0v) is 7.81. The van der Waals surface area contributed by atoms with Crippen molar-refractivity contribution in [3.8, 4) is 0 Å². The van der Waals surface area contributed by atoms with Crippen LogP contribution in [0.25, 0.3) is 0 Å². The molecular weight excluding hydrogens is 168 g/mol. The second-order valence-corrected chi connectivity index (χ2v) is 4.27. The molecule has 66 valence electrons. The largest absolute Gasteiger partial charge is 0.364 e. The summed E-state index contributed by atoms with van der Waals surface area (Å²) in [5, 5.41) is 5.47. The summed E-state index contributed by atoms with van der Waals surface area (Å²) in [5.41, 5.74) is 7.15. The van der Waals surface area contributed by atoms with Crippen LogP contribution in [0.4, 0.5) is 0 Å². The number of allylic oxidation sites excluding steroid dienone is 3. The Morgan fingerprint density at radius 2 is 2.42 bits per heavy atom. The Labute approximate surface area is 77.3 Å². The molecule has 2 rings (SSSR count). The summed E-state index contributed by atoms with van der Waals surface area (Å²) in [7, 11) is 0. The molecule has 0 radical (unpaired) electrons. The third-order valence-electron chi connectivity index (χ3n) is 2.36. The molecular formula is C9H14N2S. The molecule has 1 aliphatic heterocycles. The van der Waals surface area contributed by atoms with Gasteiger partial charge in [-0.25, -0.2) is 0 Å². The molecule has 12 heavy (non-hydrogen) atoms. The first-order chi connectivity index (χ1) is 5.86. The van der Waals surface area contributed by atoms with Gasteiger partial charge >= 0.3 is 0 Å². The number of thioether (sulfide) groups is 1. The number of nitrogens with two attached hydrogens (primary N) is 1. The topological polar surface area (TPSA) is 38.0 Å². The molecule has 0 aromatic carbocycles. The van der Waals surface area contributed by atoms with Gasteiger partial charge in [-0.15, -0.1) is 0 Å². The number of rotatable bonds is 1. The Morgan fingerprint density at radius 3 is 3.00 bits per heavy atom. The summed E-state index contributed by atoms with van der Waals surface area (Å²) < 4.78 is 0. The van der Waals surface area contributed by atoms with E-state index in [1.807, 2.05) is 0 Å². The molecule has 2 atom stereocenters. The standard InChI is InChI=1S/C9H14N2S/c10-9-11-8(6-12-9)7-4-2-1-3-5-7/h1-2,6-7,9,11H,3-5,10H2. The molecule has 0 spiro atoms. The lowest BCUT2D eigenvalue weighted by Gasteiger charge is -2.20. The van der Waals surface area contributed by atoms with Gasteiger partial charge in [0.1, 0.15) is 5.50 Å². The summed E-state index contributed by atoms with van der Waals surface area (Å²) in [5.74, 6) is 0.691. The van der Waals surface area contributed by atoms with Crippen molar-refractivity contribution in [2.24, 2.45) is 11.7 Å². The van der Waals surface area contributed by atoms with Crippen molar-refractivity contribution in [3.05, 3.63) is 23.3 Å². The highest BCUT2D eigenvalue weighted by Crippen LogP contribution is 2.30. The monoisotopic (exact) mass is 182 g/mol. The van der Waals surface area contributed by atoms with Crippen molar-refractivity contribution in [1.29, 1.82) is 0 Å². The predicted octanol–water partition coefficient (Wildman–Crippen LogP) is 1.76. The highest BCUT2D eigenvalue weighted by Gasteiger charge is 2.20. The van der Waals surface area contributed by atoms with E-state index >= 15 is 0 Å². The van der Waals surface area contributed by atoms with Gasteiger partial charge in [-0.1, -0.05) is 23.9 Å². The summed E-state index contributed by atoms with van der Waals surface area (Å²) in [6, 6.07) is 0. The van der Waals surface area contributed by atoms with Crippen LogP contribution in [-0.4, -0.2) is 5.50 Å². The van der Waals surface area contributed by atoms with Crippen LogP contribution in [0.5, 0.6) is 0 Å².